The number of benzene rings is 1. The molecule has 0 saturated heterocycles. The van der Waals surface area contributed by atoms with Gasteiger partial charge in [-0.25, -0.2) is 9.48 Å². The highest BCUT2D eigenvalue weighted by Gasteiger charge is 2.24. The summed E-state index contributed by atoms with van der Waals surface area (Å²) >= 11 is 0. The Balaban J connectivity index is 2.64. The molecule has 11 heteroatoms. The first-order valence-corrected chi connectivity index (χ1v) is 7.99. The van der Waals surface area contributed by atoms with Gasteiger partial charge in [0.1, 0.15) is 17.3 Å². The first-order valence-electron chi connectivity index (χ1n) is 7.99. The number of carbonyl (C=O) groups is 1. The van der Waals surface area contributed by atoms with Gasteiger partial charge in [0.25, 0.3) is 5.69 Å². The number of nitriles is 1. The Labute approximate surface area is 158 Å². The summed E-state index contributed by atoms with van der Waals surface area (Å²) in [6.07, 6.45) is 1.30. The van der Waals surface area contributed by atoms with E-state index in [2.05, 4.69) is 5.10 Å². The third-order valence-corrected chi connectivity index (χ3v) is 3.85. The van der Waals surface area contributed by atoms with Gasteiger partial charge in [0.15, 0.2) is 0 Å². The third-order valence-electron chi connectivity index (χ3n) is 3.85. The van der Waals surface area contributed by atoms with Gasteiger partial charge in [-0.15, -0.1) is 0 Å². The number of nitrogens with zero attached hydrogens (tertiary/aromatic N) is 5. The maximum atomic E-state index is 11.8. The number of esters is 1. The molecule has 0 aliphatic heterocycles. The molecule has 0 fully saturated rings. The molecule has 0 N–H and O–H groups in total. The lowest BCUT2D eigenvalue weighted by atomic mass is 10.1. The molecule has 2 rings (SSSR count). The van der Waals surface area contributed by atoms with E-state index in [9.17, 15) is 30.3 Å². The molecular formula is C17H15N5O6. The summed E-state index contributed by atoms with van der Waals surface area (Å²) in [4.78, 5) is 32.6. The van der Waals surface area contributed by atoms with Crippen molar-refractivity contribution < 1.29 is 19.4 Å². The van der Waals surface area contributed by atoms with Crippen molar-refractivity contribution in [3.63, 3.8) is 0 Å². The van der Waals surface area contributed by atoms with Crippen LogP contribution in [0.15, 0.2) is 23.8 Å². The number of carbonyl (C=O) groups excluding carboxylic acids is 1. The monoisotopic (exact) mass is 385 g/mol. The predicted molar refractivity (Wildman–Crippen MR) is 96.6 cm³/mol. The fourth-order valence-corrected chi connectivity index (χ4v) is 2.54. The SMILES string of the molecule is CCOC(=O)/C(C#N)=C/c1c(C)nn(-c2ccc([N+](=O)[O-])cc2[N+](=O)[O-])c1C. The lowest BCUT2D eigenvalue weighted by Crippen LogP contribution is -2.06. The Bertz CT molecular complexity index is 1050. The minimum Gasteiger partial charge on any atom is -0.462 e. The fourth-order valence-electron chi connectivity index (χ4n) is 2.54. The highest BCUT2D eigenvalue weighted by molar-refractivity contribution is 5.98. The van der Waals surface area contributed by atoms with E-state index in [0.717, 1.165) is 12.1 Å². The number of aryl methyl sites for hydroxylation is 1. The second-order valence-electron chi connectivity index (χ2n) is 5.57. The second-order valence-corrected chi connectivity index (χ2v) is 5.57. The van der Waals surface area contributed by atoms with Crippen molar-refractivity contribution in [3.8, 4) is 11.8 Å². The van der Waals surface area contributed by atoms with E-state index >= 15 is 0 Å². The van der Waals surface area contributed by atoms with E-state index in [1.54, 1.807) is 26.8 Å². The van der Waals surface area contributed by atoms with Gasteiger partial charge in [-0.2, -0.15) is 10.4 Å². The maximum Gasteiger partial charge on any atom is 0.348 e. The van der Waals surface area contributed by atoms with Crippen LogP contribution in [0.3, 0.4) is 0 Å². The molecule has 0 unspecified atom stereocenters. The molecule has 0 bridgehead atoms. The topological polar surface area (TPSA) is 154 Å². The molecule has 0 aliphatic rings. The predicted octanol–water partition coefficient (Wildman–Crippen LogP) is 2.78. The van der Waals surface area contributed by atoms with Gasteiger partial charge in [-0.3, -0.25) is 20.2 Å². The molecule has 0 atom stereocenters. The summed E-state index contributed by atoms with van der Waals surface area (Å²) in [5.74, 6) is -0.794. The van der Waals surface area contributed by atoms with Crippen molar-refractivity contribution in [3.05, 3.63) is 61.0 Å². The number of aromatic nitrogens is 2. The van der Waals surface area contributed by atoms with Gasteiger partial charge in [0.2, 0.25) is 0 Å². The largest absolute Gasteiger partial charge is 0.462 e. The van der Waals surface area contributed by atoms with Gasteiger partial charge in [0, 0.05) is 17.3 Å². The Morgan fingerprint density at radius 2 is 2.00 bits per heavy atom. The molecule has 2 aromatic rings. The van der Waals surface area contributed by atoms with Crippen LogP contribution in [0.1, 0.15) is 23.9 Å². The van der Waals surface area contributed by atoms with Crippen molar-refractivity contribution >= 4 is 23.4 Å². The van der Waals surface area contributed by atoms with E-state index in [1.165, 1.54) is 16.8 Å². The summed E-state index contributed by atoms with van der Waals surface area (Å²) in [6.45, 7) is 4.91. The molecule has 0 amide bonds. The average molecular weight is 385 g/mol. The van der Waals surface area contributed by atoms with Crippen LogP contribution in [0, 0.1) is 45.4 Å². The standard InChI is InChI=1S/C17H15N5O6/c1-4-28-17(23)12(9-18)7-14-10(2)19-20(11(14)3)15-6-5-13(21(24)25)8-16(15)22(26)27/h5-8H,4H2,1-3H3/b12-7+. The van der Waals surface area contributed by atoms with Gasteiger partial charge < -0.3 is 4.74 Å². The second kappa shape index (κ2) is 8.09. The van der Waals surface area contributed by atoms with Crippen molar-refractivity contribution in [1.29, 1.82) is 5.26 Å². The average Bonchev–Trinajstić information content (AvgIpc) is 2.93. The van der Waals surface area contributed by atoms with Gasteiger partial charge >= 0.3 is 11.7 Å². The van der Waals surface area contributed by atoms with Crippen molar-refractivity contribution in [1.82, 2.24) is 9.78 Å². The normalized spacial score (nSPS) is 11.0. The lowest BCUT2D eigenvalue weighted by Gasteiger charge is -2.06. The van der Waals surface area contributed by atoms with Gasteiger partial charge in [-0.05, 0) is 32.9 Å². The Morgan fingerprint density at radius 3 is 2.54 bits per heavy atom. The number of nitro benzene ring substituents is 2. The number of hydrogen-bond donors (Lipinski definition) is 0. The summed E-state index contributed by atoms with van der Waals surface area (Å²) < 4.78 is 6.05. The molecule has 0 saturated carbocycles. The van der Waals surface area contributed by atoms with Crippen molar-refractivity contribution in [2.75, 3.05) is 6.61 Å². The summed E-state index contributed by atoms with van der Waals surface area (Å²) in [7, 11) is 0. The molecule has 0 aliphatic carbocycles. The minimum atomic E-state index is -0.794. The number of nitro groups is 2. The molecule has 0 spiro atoms. The number of rotatable bonds is 6. The van der Waals surface area contributed by atoms with Crippen LogP contribution < -0.4 is 0 Å². The fraction of sp³-hybridized carbons (Fsp3) is 0.235. The van der Waals surface area contributed by atoms with Crippen LogP contribution in [0.25, 0.3) is 11.8 Å². The molecule has 1 aromatic heterocycles. The zero-order chi connectivity index (χ0) is 21.0. The summed E-state index contributed by atoms with van der Waals surface area (Å²) in [5, 5.41) is 35.7. The van der Waals surface area contributed by atoms with E-state index in [-0.39, 0.29) is 17.9 Å². The van der Waals surface area contributed by atoms with E-state index < -0.39 is 27.2 Å². The Hall–Kier alpha value is -4.07. The Kier molecular flexibility index (Phi) is 5.85. The zero-order valence-corrected chi connectivity index (χ0v) is 15.2. The van der Waals surface area contributed by atoms with E-state index in [1.807, 2.05) is 0 Å². The van der Waals surface area contributed by atoms with E-state index in [4.69, 9.17) is 4.74 Å². The van der Waals surface area contributed by atoms with Gasteiger partial charge in [-0.1, -0.05) is 0 Å². The van der Waals surface area contributed by atoms with Gasteiger partial charge in [0.05, 0.1) is 28.2 Å². The zero-order valence-electron chi connectivity index (χ0n) is 15.2. The first kappa shape index (κ1) is 20.2. The van der Waals surface area contributed by atoms with E-state index in [0.29, 0.717) is 17.0 Å². The van der Waals surface area contributed by atoms with Crippen LogP contribution in [0.2, 0.25) is 0 Å². The number of non-ortho nitro benzene ring substituents is 1. The minimum absolute atomic E-state index is 0.0190. The molecule has 0 radical (unpaired) electrons. The smallest absolute Gasteiger partial charge is 0.348 e. The highest BCUT2D eigenvalue weighted by Crippen LogP contribution is 2.30. The molecule has 1 heterocycles. The molecule has 144 valence electrons. The van der Waals surface area contributed by atoms with Crippen molar-refractivity contribution in [2.45, 2.75) is 20.8 Å². The van der Waals surface area contributed by atoms with Crippen LogP contribution >= 0.6 is 0 Å². The van der Waals surface area contributed by atoms with Crippen LogP contribution in [0.5, 0.6) is 0 Å². The Morgan fingerprint density at radius 1 is 1.32 bits per heavy atom. The number of hydrogen-bond acceptors (Lipinski definition) is 8. The summed E-state index contributed by atoms with van der Waals surface area (Å²) in [6, 6.07) is 4.96. The molecule has 28 heavy (non-hydrogen) atoms. The quantitative estimate of drug-likeness (QED) is 0.242. The molecule has 1 aromatic carbocycles. The summed E-state index contributed by atoms with van der Waals surface area (Å²) in [5.41, 5.74) is 0.0784. The highest BCUT2D eigenvalue weighted by atomic mass is 16.6. The first-order chi connectivity index (χ1) is 13.2. The van der Waals surface area contributed by atoms with Crippen LogP contribution in [-0.4, -0.2) is 32.2 Å². The maximum absolute atomic E-state index is 11.8. The third kappa shape index (κ3) is 3.85. The molecule has 11 nitrogen and oxygen atoms in total. The molecular weight excluding hydrogens is 370 g/mol. The number of ether oxygens (including phenoxy) is 1. The van der Waals surface area contributed by atoms with Crippen LogP contribution in [-0.2, 0) is 9.53 Å². The lowest BCUT2D eigenvalue weighted by molar-refractivity contribution is -0.394. The van der Waals surface area contributed by atoms with Crippen LogP contribution in [0.4, 0.5) is 11.4 Å². The van der Waals surface area contributed by atoms with Crippen molar-refractivity contribution in [2.24, 2.45) is 0 Å².